The van der Waals surface area contributed by atoms with Gasteiger partial charge in [0, 0.05) is 0 Å². The van der Waals surface area contributed by atoms with E-state index in [2.05, 4.69) is 20.7 Å². The zero-order valence-corrected chi connectivity index (χ0v) is 14.3. The van der Waals surface area contributed by atoms with E-state index in [9.17, 15) is 12.8 Å². The van der Waals surface area contributed by atoms with Crippen molar-refractivity contribution in [1.82, 2.24) is 0 Å². The van der Waals surface area contributed by atoms with Crippen LogP contribution in [0.1, 0.15) is 16.7 Å². The summed E-state index contributed by atoms with van der Waals surface area (Å²) >= 11 is 3.07. The Morgan fingerprint density at radius 1 is 1.05 bits per heavy atom. The van der Waals surface area contributed by atoms with Crippen LogP contribution in [0, 0.1) is 26.6 Å². The van der Waals surface area contributed by atoms with Crippen molar-refractivity contribution in [3.05, 3.63) is 57.3 Å². The lowest BCUT2D eigenvalue weighted by atomic mass is 10.2. The van der Waals surface area contributed by atoms with Gasteiger partial charge in [-0.25, -0.2) is 12.8 Å². The highest BCUT2D eigenvalue weighted by atomic mass is 79.9. The largest absolute Gasteiger partial charge is 0.279 e. The molecule has 2 aromatic rings. The minimum absolute atomic E-state index is 0.199. The Morgan fingerprint density at radius 3 is 2.38 bits per heavy atom. The van der Waals surface area contributed by atoms with Gasteiger partial charge in [-0.3, -0.25) is 4.72 Å². The molecule has 0 fully saturated rings. The highest BCUT2D eigenvalue weighted by Crippen LogP contribution is 2.27. The molecule has 0 saturated carbocycles. The fraction of sp³-hybridized carbons (Fsp3) is 0.200. The molecule has 0 atom stereocenters. The Bertz CT molecular complexity index is 804. The molecule has 0 radical (unpaired) electrons. The van der Waals surface area contributed by atoms with Crippen molar-refractivity contribution in [2.75, 3.05) is 4.72 Å². The number of nitrogens with one attached hydrogen (secondary N) is 1. The molecule has 0 aliphatic rings. The molecular formula is C15H15BrFNO2S. The fourth-order valence-corrected chi connectivity index (χ4v) is 3.86. The van der Waals surface area contributed by atoms with Crippen molar-refractivity contribution in [2.45, 2.75) is 25.7 Å². The van der Waals surface area contributed by atoms with Gasteiger partial charge in [-0.15, -0.1) is 0 Å². The van der Waals surface area contributed by atoms with Gasteiger partial charge in [-0.05, 0) is 71.6 Å². The van der Waals surface area contributed by atoms with Crippen molar-refractivity contribution < 1.29 is 12.8 Å². The van der Waals surface area contributed by atoms with E-state index in [1.165, 1.54) is 12.1 Å². The third-order valence-electron chi connectivity index (χ3n) is 3.14. The van der Waals surface area contributed by atoms with Crippen LogP contribution in [0.25, 0.3) is 0 Å². The van der Waals surface area contributed by atoms with Gasteiger partial charge in [-0.2, -0.15) is 0 Å². The van der Waals surface area contributed by atoms with Crippen molar-refractivity contribution in [1.29, 1.82) is 0 Å². The molecule has 2 aromatic carbocycles. The van der Waals surface area contributed by atoms with Gasteiger partial charge in [0.1, 0.15) is 5.82 Å². The predicted molar refractivity (Wildman–Crippen MR) is 85.6 cm³/mol. The Morgan fingerprint density at radius 2 is 1.71 bits per heavy atom. The van der Waals surface area contributed by atoms with Crippen LogP contribution in [0.5, 0.6) is 0 Å². The molecule has 1 N–H and O–H groups in total. The lowest BCUT2D eigenvalue weighted by Crippen LogP contribution is -2.15. The molecule has 2 rings (SSSR count). The van der Waals surface area contributed by atoms with E-state index in [1.54, 1.807) is 26.0 Å². The van der Waals surface area contributed by atoms with E-state index in [0.717, 1.165) is 5.56 Å². The van der Waals surface area contributed by atoms with Gasteiger partial charge in [0.15, 0.2) is 0 Å². The van der Waals surface area contributed by atoms with Gasteiger partial charge < -0.3 is 0 Å². The molecule has 0 spiro atoms. The van der Waals surface area contributed by atoms with E-state index in [-0.39, 0.29) is 10.6 Å². The second-order valence-electron chi connectivity index (χ2n) is 4.96. The Balaban J connectivity index is 2.47. The van der Waals surface area contributed by atoms with E-state index in [4.69, 9.17) is 0 Å². The summed E-state index contributed by atoms with van der Waals surface area (Å²) in [6.07, 6.45) is 0. The smallest absolute Gasteiger partial charge is 0.262 e. The topological polar surface area (TPSA) is 46.2 Å². The van der Waals surface area contributed by atoms with Gasteiger partial charge in [0.05, 0.1) is 15.1 Å². The zero-order valence-electron chi connectivity index (χ0n) is 11.9. The number of halogens is 2. The van der Waals surface area contributed by atoms with Crippen molar-refractivity contribution in [2.24, 2.45) is 0 Å². The molecule has 0 amide bonds. The third-order valence-corrected chi connectivity index (χ3v) is 5.26. The van der Waals surface area contributed by atoms with E-state index < -0.39 is 15.8 Å². The summed E-state index contributed by atoms with van der Waals surface area (Å²) in [6.45, 7) is 5.26. The van der Waals surface area contributed by atoms with E-state index >= 15 is 0 Å². The average Bonchev–Trinajstić information content (AvgIpc) is 2.38. The maximum absolute atomic E-state index is 13.6. The molecule has 0 aromatic heterocycles. The number of aryl methyl sites for hydroxylation is 3. The van der Waals surface area contributed by atoms with Crippen LogP contribution in [0.3, 0.4) is 0 Å². The number of anilines is 1. The Hall–Kier alpha value is -1.40. The lowest BCUT2D eigenvalue weighted by Gasteiger charge is -2.13. The molecule has 112 valence electrons. The first-order valence-electron chi connectivity index (χ1n) is 6.26. The highest BCUT2D eigenvalue weighted by molar-refractivity contribution is 9.10. The monoisotopic (exact) mass is 371 g/mol. The summed E-state index contributed by atoms with van der Waals surface area (Å²) in [6, 6.07) is 7.90. The van der Waals surface area contributed by atoms with Crippen molar-refractivity contribution in [3.8, 4) is 0 Å². The minimum atomic E-state index is -3.75. The number of hydrogen-bond acceptors (Lipinski definition) is 2. The summed E-state index contributed by atoms with van der Waals surface area (Å²) in [4.78, 5) is 0.199. The molecule has 21 heavy (non-hydrogen) atoms. The molecule has 0 aliphatic carbocycles. The summed E-state index contributed by atoms with van der Waals surface area (Å²) < 4.78 is 41.3. The number of benzene rings is 2. The first-order chi connectivity index (χ1) is 9.70. The summed E-state index contributed by atoms with van der Waals surface area (Å²) in [7, 11) is -3.75. The standard InChI is InChI=1S/C15H15BrFNO2S/c1-9-4-5-10(2)15(6-9)21(19,20)18-14-8-13(17)12(16)7-11(14)3/h4-8,18H,1-3H3. The second-order valence-corrected chi connectivity index (χ2v) is 7.46. The maximum Gasteiger partial charge on any atom is 0.262 e. The minimum Gasteiger partial charge on any atom is -0.279 e. The zero-order chi connectivity index (χ0) is 15.8. The number of sulfonamides is 1. The molecular weight excluding hydrogens is 357 g/mol. The van der Waals surface area contributed by atoms with Crippen LogP contribution in [0.4, 0.5) is 10.1 Å². The van der Waals surface area contributed by atoms with Crippen LogP contribution in [0.2, 0.25) is 0 Å². The van der Waals surface area contributed by atoms with E-state index in [1.807, 2.05) is 13.0 Å². The molecule has 3 nitrogen and oxygen atoms in total. The normalized spacial score (nSPS) is 11.5. The maximum atomic E-state index is 13.6. The van der Waals surface area contributed by atoms with Crippen LogP contribution in [-0.4, -0.2) is 8.42 Å². The summed E-state index contributed by atoms with van der Waals surface area (Å²) in [5, 5.41) is 0. The van der Waals surface area contributed by atoms with Gasteiger partial charge in [0.25, 0.3) is 10.0 Å². The molecule has 0 unspecified atom stereocenters. The van der Waals surface area contributed by atoms with Crippen LogP contribution >= 0.6 is 15.9 Å². The molecule has 0 saturated heterocycles. The number of rotatable bonds is 3. The average molecular weight is 372 g/mol. The van der Waals surface area contributed by atoms with Crippen molar-refractivity contribution >= 4 is 31.6 Å². The predicted octanol–water partition coefficient (Wildman–Crippen LogP) is 4.31. The summed E-state index contributed by atoms with van der Waals surface area (Å²) in [5.74, 6) is -0.515. The molecule has 0 heterocycles. The van der Waals surface area contributed by atoms with Crippen molar-refractivity contribution in [3.63, 3.8) is 0 Å². The van der Waals surface area contributed by atoms with E-state index in [0.29, 0.717) is 15.6 Å². The second kappa shape index (κ2) is 5.77. The van der Waals surface area contributed by atoms with Gasteiger partial charge >= 0.3 is 0 Å². The summed E-state index contributed by atoms with van der Waals surface area (Å²) in [5.41, 5.74) is 2.36. The first-order valence-corrected chi connectivity index (χ1v) is 8.54. The Kier molecular flexibility index (Phi) is 4.39. The van der Waals surface area contributed by atoms with Crippen LogP contribution < -0.4 is 4.72 Å². The number of hydrogen-bond donors (Lipinski definition) is 1. The fourth-order valence-electron chi connectivity index (χ4n) is 1.95. The van der Waals surface area contributed by atoms with Crippen LogP contribution in [-0.2, 0) is 10.0 Å². The molecule has 0 bridgehead atoms. The van der Waals surface area contributed by atoms with Gasteiger partial charge in [0.2, 0.25) is 0 Å². The quantitative estimate of drug-likeness (QED) is 0.873. The SMILES string of the molecule is Cc1ccc(C)c(S(=O)(=O)Nc2cc(F)c(Br)cc2C)c1. The third kappa shape index (κ3) is 3.44. The lowest BCUT2D eigenvalue weighted by molar-refractivity contribution is 0.600. The van der Waals surface area contributed by atoms with Gasteiger partial charge in [-0.1, -0.05) is 12.1 Å². The molecule has 6 heteroatoms. The molecule has 0 aliphatic heterocycles. The Labute approximate surface area is 132 Å². The first kappa shape index (κ1) is 16.0. The van der Waals surface area contributed by atoms with Crippen LogP contribution in [0.15, 0.2) is 39.7 Å². The highest BCUT2D eigenvalue weighted by Gasteiger charge is 2.18.